The molecule has 0 saturated carbocycles. The van der Waals surface area contributed by atoms with Crippen LogP contribution in [0.3, 0.4) is 0 Å². The first kappa shape index (κ1) is 19.2. The Kier molecular flexibility index (Phi) is 6.60. The molecule has 0 radical (unpaired) electrons. The highest BCUT2D eigenvalue weighted by Gasteiger charge is 2.42. The molecule has 0 N–H and O–H groups in total. The zero-order valence-corrected chi connectivity index (χ0v) is 17.8. The third kappa shape index (κ3) is 3.90. The molecule has 24 heavy (non-hydrogen) atoms. The SMILES string of the molecule is CC(C)[Si](P=C(c1ccccc1)c1ccccc1)(C(C)C)C(C)C. The third-order valence-electron chi connectivity index (χ3n) is 5.17. The van der Waals surface area contributed by atoms with Crippen molar-refractivity contribution in [2.24, 2.45) is 0 Å². The average Bonchev–Trinajstić information content (AvgIpc) is 2.56. The van der Waals surface area contributed by atoms with E-state index in [-0.39, 0.29) is 0 Å². The van der Waals surface area contributed by atoms with Crippen molar-refractivity contribution in [1.82, 2.24) is 0 Å². The Morgan fingerprint density at radius 3 is 1.25 bits per heavy atom. The van der Waals surface area contributed by atoms with Gasteiger partial charge in [0.25, 0.3) is 0 Å². The Morgan fingerprint density at radius 1 is 0.625 bits per heavy atom. The molecule has 0 atom stereocenters. The second-order valence-electron chi connectivity index (χ2n) is 7.54. The van der Waals surface area contributed by atoms with Crippen LogP contribution in [0.5, 0.6) is 0 Å². The molecule has 2 aromatic rings. The van der Waals surface area contributed by atoms with Gasteiger partial charge in [-0.05, 0) is 27.8 Å². The lowest BCUT2D eigenvalue weighted by molar-refractivity contribution is 0.851. The van der Waals surface area contributed by atoms with Crippen molar-refractivity contribution in [3.8, 4) is 0 Å². The van der Waals surface area contributed by atoms with Crippen molar-refractivity contribution in [3.63, 3.8) is 0 Å². The van der Waals surface area contributed by atoms with Crippen molar-refractivity contribution >= 4 is 20.8 Å². The highest BCUT2D eigenvalue weighted by Crippen LogP contribution is 2.50. The maximum Gasteiger partial charge on any atom is 0.120 e. The summed E-state index contributed by atoms with van der Waals surface area (Å²) in [5.74, 6) is 0. The second kappa shape index (κ2) is 8.27. The van der Waals surface area contributed by atoms with Crippen LogP contribution >= 0.6 is 7.75 Å². The Morgan fingerprint density at radius 2 is 0.958 bits per heavy atom. The van der Waals surface area contributed by atoms with E-state index in [4.69, 9.17) is 0 Å². The molecule has 0 aliphatic rings. The number of rotatable bonds is 6. The van der Waals surface area contributed by atoms with Gasteiger partial charge in [-0.25, -0.2) is 0 Å². The third-order valence-corrected chi connectivity index (χ3v) is 18.3. The Balaban J connectivity index is 2.71. The first-order valence-electron chi connectivity index (χ1n) is 9.10. The van der Waals surface area contributed by atoms with Crippen LogP contribution in [0.1, 0.15) is 52.7 Å². The van der Waals surface area contributed by atoms with Gasteiger partial charge in [-0.1, -0.05) is 102 Å². The molecule has 2 rings (SSSR count). The molecule has 0 bridgehead atoms. The monoisotopic (exact) mass is 354 g/mol. The van der Waals surface area contributed by atoms with Crippen molar-refractivity contribution in [2.75, 3.05) is 0 Å². The first-order valence-corrected chi connectivity index (χ1v) is 13.1. The molecule has 0 aromatic heterocycles. The molecule has 0 fully saturated rings. The molecule has 0 aliphatic carbocycles. The van der Waals surface area contributed by atoms with Crippen molar-refractivity contribution < 1.29 is 0 Å². The van der Waals surface area contributed by atoms with Gasteiger partial charge in [0, 0.05) is 5.29 Å². The molecule has 2 heteroatoms. The summed E-state index contributed by atoms with van der Waals surface area (Å²) in [5.41, 5.74) is 5.05. The van der Waals surface area contributed by atoms with Crippen LogP contribution in [0.4, 0.5) is 0 Å². The largest absolute Gasteiger partial charge is 0.120 e. The Bertz CT molecular complexity index is 594. The summed E-state index contributed by atoms with van der Waals surface area (Å²) < 4.78 is 0. The van der Waals surface area contributed by atoms with Crippen molar-refractivity contribution in [1.29, 1.82) is 0 Å². The van der Waals surface area contributed by atoms with Crippen LogP contribution in [0.15, 0.2) is 60.7 Å². The first-order chi connectivity index (χ1) is 11.4. The van der Waals surface area contributed by atoms with E-state index in [1.807, 2.05) is 0 Å². The van der Waals surface area contributed by atoms with Gasteiger partial charge in [0.1, 0.15) is 7.74 Å². The fourth-order valence-electron chi connectivity index (χ4n) is 4.07. The summed E-state index contributed by atoms with van der Waals surface area (Å²) in [6, 6.07) is 22.0. The van der Waals surface area contributed by atoms with E-state index in [1.165, 1.54) is 16.4 Å². The average molecular weight is 355 g/mol. The maximum absolute atomic E-state index is 2.45. The normalized spacial score (nSPS) is 12.4. The standard InChI is InChI=1S/C22H31PSi/c1-17(2)24(18(3)4,19(5)6)23-22(20-13-9-7-10-14-20)21-15-11-8-12-16-21/h7-19H,1-6H3. The summed E-state index contributed by atoms with van der Waals surface area (Å²) in [7, 11) is 0.0587. The summed E-state index contributed by atoms with van der Waals surface area (Å²) in [5, 5.41) is 1.51. The number of benzene rings is 2. The predicted octanol–water partition coefficient (Wildman–Crippen LogP) is 7.38. The summed E-state index contributed by atoms with van der Waals surface area (Å²) in [6.07, 6.45) is 0. The van der Waals surface area contributed by atoms with E-state index in [9.17, 15) is 0 Å². The van der Waals surface area contributed by atoms with Crippen LogP contribution in [-0.4, -0.2) is 13.0 Å². The number of hydrogen-bond donors (Lipinski definition) is 0. The van der Waals surface area contributed by atoms with E-state index in [0.717, 1.165) is 16.6 Å². The Labute approximate surface area is 151 Å². The van der Waals surface area contributed by atoms with Gasteiger partial charge in [0.05, 0.1) is 0 Å². The lowest BCUT2D eigenvalue weighted by atomic mass is 10.1. The highest BCUT2D eigenvalue weighted by molar-refractivity contribution is 7.83. The van der Waals surface area contributed by atoms with Crippen LogP contribution < -0.4 is 0 Å². The minimum Gasteiger partial charge on any atom is -0.117 e. The highest BCUT2D eigenvalue weighted by atomic mass is 31.3. The van der Waals surface area contributed by atoms with E-state index in [0.29, 0.717) is 0 Å². The van der Waals surface area contributed by atoms with Crippen molar-refractivity contribution in [2.45, 2.75) is 58.2 Å². The topological polar surface area (TPSA) is 0 Å². The van der Waals surface area contributed by atoms with Gasteiger partial charge in [-0.2, -0.15) is 0 Å². The summed E-state index contributed by atoms with van der Waals surface area (Å²) in [6.45, 7) is 14.7. The summed E-state index contributed by atoms with van der Waals surface area (Å²) in [4.78, 5) is 0. The van der Waals surface area contributed by atoms with Gasteiger partial charge in [-0.3, -0.25) is 0 Å². The van der Waals surface area contributed by atoms with Gasteiger partial charge < -0.3 is 0 Å². The van der Waals surface area contributed by atoms with E-state index in [2.05, 4.69) is 102 Å². The maximum atomic E-state index is 2.45. The van der Waals surface area contributed by atoms with Crippen LogP contribution in [0.25, 0.3) is 0 Å². The Hall–Kier alpha value is -1.17. The lowest BCUT2D eigenvalue weighted by Crippen LogP contribution is -2.39. The van der Waals surface area contributed by atoms with Gasteiger partial charge in [-0.15, -0.1) is 7.75 Å². The molecule has 0 heterocycles. The second-order valence-corrected chi connectivity index (χ2v) is 16.4. The smallest absolute Gasteiger partial charge is 0.117 e. The minimum absolute atomic E-state index is 0.765. The van der Waals surface area contributed by atoms with E-state index >= 15 is 0 Å². The number of hydrogen-bond acceptors (Lipinski definition) is 0. The fraction of sp³-hybridized carbons (Fsp3) is 0.409. The van der Waals surface area contributed by atoms with Gasteiger partial charge >= 0.3 is 0 Å². The quantitative estimate of drug-likeness (QED) is 0.375. The van der Waals surface area contributed by atoms with Crippen LogP contribution in [-0.2, 0) is 0 Å². The molecule has 2 aromatic carbocycles. The molecule has 0 unspecified atom stereocenters. The molecule has 0 nitrogen and oxygen atoms in total. The molecular weight excluding hydrogens is 323 g/mol. The van der Waals surface area contributed by atoms with E-state index < -0.39 is 7.74 Å². The lowest BCUT2D eigenvalue weighted by Gasteiger charge is -2.40. The molecular formula is C22H31PSi. The fourth-order valence-corrected chi connectivity index (χ4v) is 14.0. The molecule has 0 spiro atoms. The van der Waals surface area contributed by atoms with Crippen LogP contribution in [0, 0.1) is 0 Å². The molecule has 0 aliphatic heterocycles. The zero-order valence-electron chi connectivity index (χ0n) is 16.0. The van der Waals surface area contributed by atoms with Crippen LogP contribution in [0.2, 0.25) is 16.6 Å². The molecule has 128 valence electrons. The van der Waals surface area contributed by atoms with E-state index in [1.54, 1.807) is 7.75 Å². The molecule has 0 amide bonds. The summed E-state index contributed by atoms with van der Waals surface area (Å²) >= 11 is 0. The zero-order chi connectivity index (χ0) is 17.7. The molecule has 0 saturated heterocycles. The minimum atomic E-state index is -1.52. The predicted molar refractivity (Wildman–Crippen MR) is 114 cm³/mol. The van der Waals surface area contributed by atoms with Gasteiger partial charge in [0.2, 0.25) is 0 Å². The van der Waals surface area contributed by atoms with Gasteiger partial charge in [0.15, 0.2) is 0 Å². The van der Waals surface area contributed by atoms with Crippen molar-refractivity contribution in [3.05, 3.63) is 71.8 Å².